The van der Waals surface area contributed by atoms with E-state index in [9.17, 15) is 9.59 Å². The van der Waals surface area contributed by atoms with Gasteiger partial charge in [0.05, 0.1) is 11.1 Å². The lowest BCUT2D eigenvalue weighted by atomic mass is 9.92. The smallest absolute Gasteiger partial charge is 0.253 e. The first kappa shape index (κ1) is 14.4. The van der Waals surface area contributed by atoms with Crippen LogP contribution in [-0.2, 0) is 0 Å². The van der Waals surface area contributed by atoms with E-state index in [1.165, 1.54) is 12.3 Å². The summed E-state index contributed by atoms with van der Waals surface area (Å²) in [5, 5.41) is 2.97. The number of aryl methyl sites for hydroxylation is 1. The summed E-state index contributed by atoms with van der Waals surface area (Å²) in [5.74, 6) is -0.196. The molecule has 1 amide bonds. The fourth-order valence-electron chi connectivity index (χ4n) is 1.89. The SMILES string of the molecule is CCC(CC)(CN)NC(=O)c1c[nH]c(=O)cc1C. The van der Waals surface area contributed by atoms with Crippen molar-refractivity contribution in [1.82, 2.24) is 10.3 Å². The van der Waals surface area contributed by atoms with Crippen LogP contribution in [0.25, 0.3) is 0 Å². The number of nitrogens with two attached hydrogens (primary N) is 1. The summed E-state index contributed by atoms with van der Waals surface area (Å²) < 4.78 is 0. The van der Waals surface area contributed by atoms with E-state index in [4.69, 9.17) is 5.73 Å². The number of hydrogen-bond donors (Lipinski definition) is 3. The quantitative estimate of drug-likeness (QED) is 0.727. The Balaban J connectivity index is 2.97. The van der Waals surface area contributed by atoms with E-state index in [-0.39, 0.29) is 17.0 Å². The number of carbonyl (C=O) groups excluding carboxylic acids is 1. The second kappa shape index (κ2) is 5.82. The molecule has 100 valence electrons. The van der Waals surface area contributed by atoms with Crippen molar-refractivity contribution in [1.29, 1.82) is 0 Å². The van der Waals surface area contributed by atoms with E-state index in [2.05, 4.69) is 10.3 Å². The van der Waals surface area contributed by atoms with Crippen LogP contribution in [0.2, 0.25) is 0 Å². The highest BCUT2D eigenvalue weighted by Gasteiger charge is 2.27. The molecule has 0 fully saturated rings. The Kier molecular flexibility index (Phi) is 4.67. The molecular formula is C13H21N3O2. The van der Waals surface area contributed by atoms with E-state index in [1.807, 2.05) is 13.8 Å². The van der Waals surface area contributed by atoms with Crippen LogP contribution in [0.5, 0.6) is 0 Å². The van der Waals surface area contributed by atoms with Crippen LogP contribution in [-0.4, -0.2) is 23.0 Å². The molecular weight excluding hydrogens is 230 g/mol. The summed E-state index contributed by atoms with van der Waals surface area (Å²) in [6.07, 6.45) is 2.99. The van der Waals surface area contributed by atoms with Gasteiger partial charge in [-0.1, -0.05) is 13.8 Å². The number of aromatic amines is 1. The second-order valence-corrected chi connectivity index (χ2v) is 4.54. The lowest BCUT2D eigenvalue weighted by Gasteiger charge is -2.31. The van der Waals surface area contributed by atoms with Crippen molar-refractivity contribution in [2.75, 3.05) is 6.54 Å². The maximum absolute atomic E-state index is 12.2. The number of aromatic nitrogens is 1. The van der Waals surface area contributed by atoms with Crippen molar-refractivity contribution in [3.63, 3.8) is 0 Å². The van der Waals surface area contributed by atoms with E-state index in [0.29, 0.717) is 17.7 Å². The Morgan fingerprint density at radius 3 is 2.50 bits per heavy atom. The Morgan fingerprint density at radius 1 is 1.44 bits per heavy atom. The van der Waals surface area contributed by atoms with Crippen LogP contribution in [0.4, 0.5) is 0 Å². The fraction of sp³-hybridized carbons (Fsp3) is 0.538. The standard InChI is InChI=1S/C13H21N3O2/c1-4-13(5-2,8-14)16-12(18)10-7-15-11(17)6-9(10)3/h6-7H,4-5,8,14H2,1-3H3,(H,15,17)(H,16,18). The minimum Gasteiger partial charge on any atom is -0.345 e. The topological polar surface area (TPSA) is 88.0 Å². The molecule has 0 unspecified atom stereocenters. The summed E-state index contributed by atoms with van der Waals surface area (Å²) in [7, 11) is 0. The van der Waals surface area contributed by atoms with E-state index in [1.54, 1.807) is 6.92 Å². The van der Waals surface area contributed by atoms with Crippen molar-refractivity contribution in [2.45, 2.75) is 39.2 Å². The minimum absolute atomic E-state index is 0.196. The maximum Gasteiger partial charge on any atom is 0.253 e. The summed E-state index contributed by atoms with van der Waals surface area (Å²) in [6.45, 7) is 6.13. The van der Waals surface area contributed by atoms with Crippen LogP contribution < -0.4 is 16.6 Å². The molecule has 0 aromatic carbocycles. The molecule has 1 heterocycles. The molecule has 1 aromatic heterocycles. The first-order valence-corrected chi connectivity index (χ1v) is 6.20. The predicted octanol–water partition coefficient (Wildman–Crippen LogP) is 0.931. The lowest BCUT2D eigenvalue weighted by molar-refractivity contribution is 0.0894. The second-order valence-electron chi connectivity index (χ2n) is 4.54. The predicted molar refractivity (Wildman–Crippen MR) is 71.6 cm³/mol. The zero-order valence-electron chi connectivity index (χ0n) is 11.2. The van der Waals surface area contributed by atoms with Crippen LogP contribution in [0, 0.1) is 6.92 Å². The Bertz CT molecular complexity index is 467. The van der Waals surface area contributed by atoms with Gasteiger partial charge in [0.15, 0.2) is 0 Å². The summed E-state index contributed by atoms with van der Waals surface area (Å²) in [5.41, 5.74) is 6.30. The Hall–Kier alpha value is -1.62. The molecule has 1 rings (SSSR count). The fourth-order valence-corrected chi connectivity index (χ4v) is 1.89. The van der Waals surface area contributed by atoms with E-state index < -0.39 is 0 Å². The molecule has 0 aliphatic rings. The van der Waals surface area contributed by atoms with Gasteiger partial charge in [-0.3, -0.25) is 9.59 Å². The number of carbonyl (C=O) groups is 1. The van der Waals surface area contributed by atoms with Gasteiger partial charge in [0.2, 0.25) is 5.56 Å². The normalized spacial score (nSPS) is 11.3. The molecule has 0 bridgehead atoms. The highest BCUT2D eigenvalue weighted by Crippen LogP contribution is 2.15. The average Bonchev–Trinajstić information content (AvgIpc) is 2.36. The number of rotatable bonds is 5. The zero-order chi connectivity index (χ0) is 13.8. The molecule has 1 aromatic rings. The third kappa shape index (κ3) is 2.98. The van der Waals surface area contributed by atoms with Crippen molar-refractivity contribution < 1.29 is 4.79 Å². The van der Waals surface area contributed by atoms with Crippen molar-refractivity contribution >= 4 is 5.91 Å². The number of hydrogen-bond acceptors (Lipinski definition) is 3. The van der Waals surface area contributed by atoms with Crippen molar-refractivity contribution in [2.24, 2.45) is 5.73 Å². The van der Waals surface area contributed by atoms with Crippen molar-refractivity contribution in [3.05, 3.63) is 33.7 Å². The van der Waals surface area contributed by atoms with Gasteiger partial charge < -0.3 is 16.0 Å². The molecule has 4 N–H and O–H groups in total. The first-order valence-electron chi connectivity index (χ1n) is 6.20. The molecule has 18 heavy (non-hydrogen) atoms. The number of amides is 1. The monoisotopic (exact) mass is 251 g/mol. The van der Waals surface area contributed by atoms with Gasteiger partial charge in [-0.2, -0.15) is 0 Å². The molecule has 0 aliphatic heterocycles. The van der Waals surface area contributed by atoms with E-state index in [0.717, 1.165) is 12.8 Å². The van der Waals surface area contributed by atoms with Gasteiger partial charge in [0, 0.05) is 18.8 Å². The van der Waals surface area contributed by atoms with Gasteiger partial charge in [-0.15, -0.1) is 0 Å². The van der Waals surface area contributed by atoms with Gasteiger partial charge in [0.1, 0.15) is 0 Å². The molecule has 0 radical (unpaired) electrons. The Labute approximate surface area is 107 Å². The molecule has 0 atom stereocenters. The summed E-state index contributed by atoms with van der Waals surface area (Å²) in [4.78, 5) is 25.8. The van der Waals surface area contributed by atoms with Gasteiger partial charge in [-0.25, -0.2) is 0 Å². The number of pyridine rings is 1. The van der Waals surface area contributed by atoms with Crippen LogP contribution >= 0.6 is 0 Å². The molecule has 5 heteroatoms. The van der Waals surface area contributed by atoms with Gasteiger partial charge in [0.25, 0.3) is 5.91 Å². The minimum atomic E-state index is -0.375. The molecule has 0 saturated heterocycles. The largest absolute Gasteiger partial charge is 0.345 e. The summed E-state index contributed by atoms with van der Waals surface area (Å²) in [6, 6.07) is 1.41. The van der Waals surface area contributed by atoms with Gasteiger partial charge >= 0.3 is 0 Å². The molecule has 5 nitrogen and oxygen atoms in total. The van der Waals surface area contributed by atoms with Crippen LogP contribution in [0.3, 0.4) is 0 Å². The zero-order valence-corrected chi connectivity index (χ0v) is 11.2. The molecule has 0 saturated carbocycles. The highest BCUT2D eigenvalue weighted by molar-refractivity contribution is 5.95. The first-order chi connectivity index (χ1) is 8.48. The molecule has 0 spiro atoms. The average molecular weight is 251 g/mol. The number of H-pyrrole nitrogens is 1. The third-order valence-electron chi connectivity index (χ3n) is 3.50. The third-order valence-corrected chi connectivity index (χ3v) is 3.50. The van der Waals surface area contributed by atoms with Crippen LogP contribution in [0.15, 0.2) is 17.1 Å². The van der Waals surface area contributed by atoms with Gasteiger partial charge in [-0.05, 0) is 25.3 Å². The van der Waals surface area contributed by atoms with E-state index >= 15 is 0 Å². The molecule has 0 aliphatic carbocycles. The Morgan fingerprint density at radius 2 is 2.06 bits per heavy atom. The number of nitrogens with one attached hydrogen (secondary N) is 2. The maximum atomic E-state index is 12.2. The highest BCUT2D eigenvalue weighted by atomic mass is 16.2. The summed E-state index contributed by atoms with van der Waals surface area (Å²) >= 11 is 0. The van der Waals surface area contributed by atoms with Crippen LogP contribution in [0.1, 0.15) is 42.6 Å². The van der Waals surface area contributed by atoms with Crippen molar-refractivity contribution in [3.8, 4) is 0 Å². The lowest BCUT2D eigenvalue weighted by Crippen LogP contribution is -2.53.